The van der Waals surface area contributed by atoms with Crippen molar-refractivity contribution in [3.63, 3.8) is 0 Å². The third-order valence-electron chi connectivity index (χ3n) is 6.19. The van der Waals surface area contributed by atoms with E-state index in [1.807, 2.05) is 31.2 Å². The standard InChI is InChI=1S/C26H33ClN2O2/c1-3-20-8-10-21(11-9-20)14-17-25(30)29(18-22-12-15-23(27)16-13-22)19(2)26(31)28-24-6-4-5-7-24/h8-13,15-16,19,24H,3-7,14,17-18H2,1-2H3,(H,28,31)/t19-/m0/s1. The van der Waals surface area contributed by atoms with E-state index in [4.69, 9.17) is 11.6 Å². The average molecular weight is 441 g/mol. The van der Waals surface area contributed by atoms with Crippen molar-refractivity contribution in [1.82, 2.24) is 10.2 Å². The number of nitrogens with zero attached hydrogens (tertiary/aromatic N) is 1. The fourth-order valence-corrected chi connectivity index (χ4v) is 4.22. The SMILES string of the molecule is CCc1ccc(CCC(=O)N(Cc2ccc(Cl)cc2)[C@@H](C)C(=O)NC2CCCC2)cc1. The minimum absolute atomic E-state index is 0.0106. The summed E-state index contributed by atoms with van der Waals surface area (Å²) in [7, 11) is 0. The third-order valence-corrected chi connectivity index (χ3v) is 6.45. The van der Waals surface area contributed by atoms with E-state index in [1.54, 1.807) is 4.90 Å². The van der Waals surface area contributed by atoms with Crippen molar-refractivity contribution in [3.05, 3.63) is 70.2 Å². The molecule has 1 aliphatic rings. The van der Waals surface area contributed by atoms with Gasteiger partial charge in [0.05, 0.1) is 0 Å². The zero-order valence-corrected chi connectivity index (χ0v) is 19.3. The van der Waals surface area contributed by atoms with Crippen LogP contribution in [-0.2, 0) is 29.0 Å². The number of nitrogens with one attached hydrogen (secondary N) is 1. The predicted molar refractivity (Wildman–Crippen MR) is 126 cm³/mol. The molecule has 166 valence electrons. The van der Waals surface area contributed by atoms with Gasteiger partial charge in [-0.05, 0) is 61.4 Å². The first-order valence-corrected chi connectivity index (χ1v) is 11.8. The van der Waals surface area contributed by atoms with Gasteiger partial charge in [-0.2, -0.15) is 0 Å². The van der Waals surface area contributed by atoms with Crippen molar-refractivity contribution >= 4 is 23.4 Å². The zero-order chi connectivity index (χ0) is 22.2. The van der Waals surface area contributed by atoms with E-state index in [2.05, 4.69) is 36.5 Å². The van der Waals surface area contributed by atoms with Crippen LogP contribution < -0.4 is 5.32 Å². The van der Waals surface area contributed by atoms with Gasteiger partial charge in [-0.15, -0.1) is 0 Å². The van der Waals surface area contributed by atoms with Gasteiger partial charge in [0.2, 0.25) is 11.8 Å². The highest BCUT2D eigenvalue weighted by atomic mass is 35.5. The van der Waals surface area contributed by atoms with E-state index in [-0.39, 0.29) is 17.9 Å². The summed E-state index contributed by atoms with van der Waals surface area (Å²) in [6.45, 7) is 4.35. The molecular weight excluding hydrogens is 408 g/mol. The number of carbonyl (C=O) groups excluding carboxylic acids is 2. The number of rotatable bonds is 9. The molecule has 31 heavy (non-hydrogen) atoms. The summed E-state index contributed by atoms with van der Waals surface area (Å²) in [5.74, 6) is -0.0786. The third kappa shape index (κ3) is 6.83. The number of benzene rings is 2. The Balaban J connectivity index is 1.68. The topological polar surface area (TPSA) is 49.4 Å². The lowest BCUT2D eigenvalue weighted by Crippen LogP contribution is -2.49. The lowest BCUT2D eigenvalue weighted by atomic mass is 10.0. The summed E-state index contributed by atoms with van der Waals surface area (Å²) in [4.78, 5) is 27.8. The van der Waals surface area contributed by atoms with Gasteiger partial charge in [-0.1, -0.05) is 67.8 Å². The number of halogens is 1. The molecule has 1 saturated carbocycles. The van der Waals surface area contributed by atoms with Crippen molar-refractivity contribution in [2.24, 2.45) is 0 Å². The molecular formula is C26H33ClN2O2. The molecule has 0 unspecified atom stereocenters. The van der Waals surface area contributed by atoms with Crippen LogP contribution in [0.5, 0.6) is 0 Å². The normalized spacial score (nSPS) is 14.9. The first-order chi connectivity index (χ1) is 15.0. The molecule has 1 aliphatic carbocycles. The minimum Gasteiger partial charge on any atom is -0.352 e. The second-order valence-electron chi connectivity index (χ2n) is 8.48. The summed E-state index contributed by atoms with van der Waals surface area (Å²) in [5.41, 5.74) is 3.39. The minimum atomic E-state index is -0.522. The summed E-state index contributed by atoms with van der Waals surface area (Å²) in [6.07, 6.45) is 6.40. The lowest BCUT2D eigenvalue weighted by molar-refractivity contribution is -0.140. The second kappa shape index (κ2) is 11.3. The van der Waals surface area contributed by atoms with Crippen LogP contribution in [0.4, 0.5) is 0 Å². The van der Waals surface area contributed by atoms with E-state index in [0.29, 0.717) is 24.4 Å². The molecule has 1 atom stereocenters. The van der Waals surface area contributed by atoms with E-state index in [1.165, 1.54) is 5.56 Å². The van der Waals surface area contributed by atoms with Crippen LogP contribution in [0, 0.1) is 0 Å². The van der Waals surface area contributed by atoms with Crippen LogP contribution in [0.15, 0.2) is 48.5 Å². The Labute approximate surface area is 191 Å². The number of hydrogen-bond acceptors (Lipinski definition) is 2. The highest BCUT2D eigenvalue weighted by molar-refractivity contribution is 6.30. The molecule has 3 rings (SSSR count). The smallest absolute Gasteiger partial charge is 0.242 e. The molecule has 0 bridgehead atoms. The first kappa shape index (κ1) is 23.3. The largest absolute Gasteiger partial charge is 0.352 e. The van der Waals surface area contributed by atoms with Crippen molar-refractivity contribution in [1.29, 1.82) is 0 Å². The van der Waals surface area contributed by atoms with Gasteiger partial charge < -0.3 is 10.2 Å². The summed E-state index contributed by atoms with van der Waals surface area (Å²) >= 11 is 6.01. The zero-order valence-electron chi connectivity index (χ0n) is 18.6. The second-order valence-corrected chi connectivity index (χ2v) is 8.92. The first-order valence-electron chi connectivity index (χ1n) is 11.4. The van der Waals surface area contributed by atoms with Crippen molar-refractivity contribution in [2.75, 3.05) is 0 Å². The van der Waals surface area contributed by atoms with Crippen molar-refractivity contribution < 1.29 is 9.59 Å². The Hall–Kier alpha value is -2.33. The summed E-state index contributed by atoms with van der Waals surface area (Å²) in [6, 6.07) is 15.6. The number of hydrogen-bond donors (Lipinski definition) is 1. The van der Waals surface area contributed by atoms with Crippen LogP contribution >= 0.6 is 11.6 Å². The van der Waals surface area contributed by atoms with E-state index in [9.17, 15) is 9.59 Å². The Kier molecular flexibility index (Phi) is 8.53. The van der Waals surface area contributed by atoms with Gasteiger partial charge in [-0.25, -0.2) is 0 Å². The maximum absolute atomic E-state index is 13.2. The maximum atomic E-state index is 13.2. The van der Waals surface area contributed by atoms with E-state index in [0.717, 1.165) is 43.2 Å². The molecule has 0 aromatic heterocycles. The summed E-state index contributed by atoms with van der Waals surface area (Å²) in [5, 5.41) is 3.80. The van der Waals surface area contributed by atoms with Gasteiger partial charge in [-0.3, -0.25) is 9.59 Å². The van der Waals surface area contributed by atoms with Crippen LogP contribution in [-0.4, -0.2) is 28.8 Å². The molecule has 0 spiro atoms. The fraction of sp³-hybridized carbons (Fsp3) is 0.462. The van der Waals surface area contributed by atoms with E-state index < -0.39 is 6.04 Å². The van der Waals surface area contributed by atoms with Crippen LogP contribution in [0.25, 0.3) is 0 Å². The van der Waals surface area contributed by atoms with Gasteiger partial charge in [0.25, 0.3) is 0 Å². The molecule has 5 heteroatoms. The number of carbonyl (C=O) groups is 2. The molecule has 0 heterocycles. The molecule has 0 radical (unpaired) electrons. The lowest BCUT2D eigenvalue weighted by Gasteiger charge is -2.30. The number of aryl methyl sites for hydroxylation is 2. The van der Waals surface area contributed by atoms with Gasteiger partial charge in [0.15, 0.2) is 0 Å². The van der Waals surface area contributed by atoms with Gasteiger partial charge in [0, 0.05) is 24.0 Å². The van der Waals surface area contributed by atoms with Gasteiger partial charge >= 0.3 is 0 Å². The fourth-order valence-electron chi connectivity index (χ4n) is 4.10. The molecule has 1 fully saturated rings. The Morgan fingerprint density at radius 3 is 2.19 bits per heavy atom. The predicted octanol–water partition coefficient (Wildman–Crippen LogP) is 5.31. The molecule has 0 saturated heterocycles. The monoisotopic (exact) mass is 440 g/mol. The van der Waals surface area contributed by atoms with Crippen LogP contribution in [0.1, 0.15) is 62.6 Å². The van der Waals surface area contributed by atoms with Crippen molar-refractivity contribution in [2.45, 2.75) is 77.4 Å². The highest BCUT2D eigenvalue weighted by Crippen LogP contribution is 2.19. The van der Waals surface area contributed by atoms with Gasteiger partial charge in [0.1, 0.15) is 6.04 Å². The molecule has 2 aromatic rings. The Morgan fingerprint density at radius 1 is 1.00 bits per heavy atom. The molecule has 4 nitrogen and oxygen atoms in total. The summed E-state index contributed by atoms with van der Waals surface area (Å²) < 4.78 is 0. The average Bonchev–Trinajstić information content (AvgIpc) is 3.30. The van der Waals surface area contributed by atoms with E-state index >= 15 is 0 Å². The van der Waals surface area contributed by atoms with Crippen molar-refractivity contribution in [3.8, 4) is 0 Å². The maximum Gasteiger partial charge on any atom is 0.242 e. The Morgan fingerprint density at radius 2 is 1.58 bits per heavy atom. The molecule has 0 aliphatic heterocycles. The van der Waals surface area contributed by atoms with Crippen LogP contribution in [0.3, 0.4) is 0 Å². The highest BCUT2D eigenvalue weighted by Gasteiger charge is 2.28. The molecule has 2 aromatic carbocycles. The molecule has 2 amide bonds. The quantitative estimate of drug-likeness (QED) is 0.574. The Bertz CT molecular complexity index is 858. The van der Waals surface area contributed by atoms with Crippen LogP contribution in [0.2, 0.25) is 5.02 Å². The molecule has 1 N–H and O–H groups in total. The number of amides is 2.